The molecule has 1 N–H and O–H groups in total. The predicted molar refractivity (Wildman–Crippen MR) is 128 cm³/mol. The highest BCUT2D eigenvalue weighted by molar-refractivity contribution is 5.93. The van der Waals surface area contributed by atoms with Crippen molar-refractivity contribution in [1.29, 1.82) is 0 Å². The van der Waals surface area contributed by atoms with Crippen molar-refractivity contribution < 1.29 is 19.1 Å². The number of piperazine rings is 1. The Kier molecular flexibility index (Phi) is 6.61. The molecule has 2 heterocycles. The molecular weight excluding hydrogens is 418 g/mol. The molecule has 0 atom stereocenters. The molecule has 0 saturated carbocycles. The number of amides is 2. The summed E-state index contributed by atoms with van der Waals surface area (Å²) >= 11 is 0. The highest BCUT2D eigenvalue weighted by Crippen LogP contribution is 2.41. The number of ether oxygens (including phenoxy) is 2. The van der Waals surface area contributed by atoms with E-state index in [0.29, 0.717) is 38.5 Å². The van der Waals surface area contributed by atoms with Gasteiger partial charge in [0.2, 0.25) is 5.91 Å². The number of para-hydroxylation sites is 2. The first-order valence-corrected chi connectivity index (χ1v) is 11.5. The fourth-order valence-electron chi connectivity index (χ4n) is 4.48. The lowest BCUT2D eigenvalue weighted by atomic mass is 10.0. The molecular formula is C26H33N3O4. The largest absolute Gasteiger partial charge is 0.483 e. The zero-order valence-electron chi connectivity index (χ0n) is 19.9. The molecule has 7 nitrogen and oxygen atoms in total. The number of carbonyl (C=O) groups is 2. The van der Waals surface area contributed by atoms with Gasteiger partial charge in [-0.2, -0.15) is 0 Å². The summed E-state index contributed by atoms with van der Waals surface area (Å²) < 4.78 is 11.9. The molecule has 176 valence electrons. The Bertz CT molecular complexity index is 1020. The third-order valence-corrected chi connectivity index (χ3v) is 6.24. The van der Waals surface area contributed by atoms with E-state index in [9.17, 15) is 9.59 Å². The Morgan fingerprint density at radius 3 is 2.39 bits per heavy atom. The van der Waals surface area contributed by atoms with Crippen LogP contribution in [0, 0.1) is 13.8 Å². The highest BCUT2D eigenvalue weighted by Gasteiger charge is 2.32. The van der Waals surface area contributed by atoms with Gasteiger partial charge in [0.05, 0.1) is 6.54 Å². The molecule has 4 rings (SSSR count). The maximum absolute atomic E-state index is 12.7. The molecule has 7 heteroatoms. The van der Waals surface area contributed by atoms with Gasteiger partial charge in [-0.15, -0.1) is 0 Å². The number of anilines is 1. The summed E-state index contributed by atoms with van der Waals surface area (Å²) in [6.07, 6.45) is 0.826. The van der Waals surface area contributed by atoms with Gasteiger partial charge in [0, 0.05) is 43.9 Å². The van der Waals surface area contributed by atoms with Crippen LogP contribution in [0.4, 0.5) is 5.69 Å². The van der Waals surface area contributed by atoms with Crippen LogP contribution in [0.2, 0.25) is 0 Å². The summed E-state index contributed by atoms with van der Waals surface area (Å²) in [5, 5.41) is 3.03. The Balaban J connectivity index is 1.24. The van der Waals surface area contributed by atoms with Crippen molar-refractivity contribution in [3.8, 4) is 11.5 Å². The second-order valence-corrected chi connectivity index (χ2v) is 9.54. The average Bonchev–Trinajstić information content (AvgIpc) is 3.09. The lowest BCUT2D eigenvalue weighted by Crippen LogP contribution is -2.51. The molecule has 0 bridgehead atoms. The lowest BCUT2D eigenvalue weighted by Gasteiger charge is -2.34. The van der Waals surface area contributed by atoms with Crippen LogP contribution in [-0.2, 0) is 16.0 Å². The molecule has 2 aliphatic heterocycles. The van der Waals surface area contributed by atoms with E-state index in [4.69, 9.17) is 9.47 Å². The van der Waals surface area contributed by atoms with E-state index in [-0.39, 0.29) is 24.0 Å². The van der Waals surface area contributed by atoms with Gasteiger partial charge in [0.1, 0.15) is 5.60 Å². The molecule has 0 aromatic heterocycles. The van der Waals surface area contributed by atoms with Crippen LogP contribution in [0.3, 0.4) is 0 Å². The van der Waals surface area contributed by atoms with Crippen LogP contribution >= 0.6 is 0 Å². The van der Waals surface area contributed by atoms with E-state index in [1.54, 1.807) is 4.90 Å². The molecule has 2 aromatic carbocycles. The van der Waals surface area contributed by atoms with Crippen molar-refractivity contribution in [2.75, 3.05) is 44.6 Å². The second kappa shape index (κ2) is 9.43. The Morgan fingerprint density at radius 2 is 1.70 bits per heavy atom. The van der Waals surface area contributed by atoms with Gasteiger partial charge >= 0.3 is 0 Å². The lowest BCUT2D eigenvalue weighted by molar-refractivity contribution is -0.135. The van der Waals surface area contributed by atoms with Crippen LogP contribution in [0.25, 0.3) is 0 Å². The summed E-state index contributed by atoms with van der Waals surface area (Å²) in [6.45, 7) is 10.8. The summed E-state index contributed by atoms with van der Waals surface area (Å²) in [6, 6.07) is 11.8. The number of rotatable bonds is 6. The third-order valence-electron chi connectivity index (χ3n) is 6.24. The van der Waals surface area contributed by atoms with Crippen LogP contribution in [0.15, 0.2) is 36.4 Å². The van der Waals surface area contributed by atoms with E-state index in [0.717, 1.165) is 34.5 Å². The Morgan fingerprint density at radius 1 is 1.03 bits per heavy atom. The van der Waals surface area contributed by atoms with Crippen LogP contribution in [0.1, 0.15) is 30.5 Å². The van der Waals surface area contributed by atoms with Crippen LogP contribution < -0.4 is 14.8 Å². The van der Waals surface area contributed by atoms with Crippen LogP contribution in [0.5, 0.6) is 11.5 Å². The maximum atomic E-state index is 12.7. The third kappa shape index (κ3) is 5.47. The topological polar surface area (TPSA) is 71.1 Å². The molecule has 0 aliphatic carbocycles. The summed E-state index contributed by atoms with van der Waals surface area (Å²) in [7, 11) is 0. The highest BCUT2D eigenvalue weighted by atomic mass is 16.5. The maximum Gasteiger partial charge on any atom is 0.260 e. The van der Waals surface area contributed by atoms with Crippen molar-refractivity contribution in [2.24, 2.45) is 0 Å². The Hall–Kier alpha value is -3.06. The molecule has 33 heavy (non-hydrogen) atoms. The van der Waals surface area contributed by atoms with Crippen molar-refractivity contribution >= 4 is 17.5 Å². The van der Waals surface area contributed by atoms with Crippen LogP contribution in [-0.4, -0.2) is 66.5 Å². The number of hydrogen-bond donors (Lipinski definition) is 1. The number of nitrogens with one attached hydrogen (secondary N) is 1. The standard InChI is InChI=1S/C26H33N3O4/c1-18-7-5-8-19(2)24(18)27-22(30)16-28-11-13-29(14-12-28)23(31)17-32-21-10-6-9-20-15-26(3,4)33-25(20)21/h5-10H,11-17H2,1-4H3,(H,27,30). The van der Waals surface area contributed by atoms with Crippen molar-refractivity contribution in [1.82, 2.24) is 9.80 Å². The molecule has 0 radical (unpaired) electrons. The predicted octanol–water partition coefficient (Wildman–Crippen LogP) is 3.18. The van der Waals surface area contributed by atoms with E-state index >= 15 is 0 Å². The van der Waals surface area contributed by atoms with Crippen molar-refractivity contribution in [3.63, 3.8) is 0 Å². The van der Waals surface area contributed by atoms with E-state index in [1.807, 2.05) is 64.1 Å². The average molecular weight is 452 g/mol. The van der Waals surface area contributed by atoms with Gasteiger partial charge in [-0.3, -0.25) is 14.5 Å². The first-order valence-electron chi connectivity index (χ1n) is 11.5. The number of fused-ring (bicyclic) bond motifs is 1. The zero-order valence-corrected chi connectivity index (χ0v) is 19.9. The molecule has 1 fully saturated rings. The quantitative estimate of drug-likeness (QED) is 0.731. The number of benzene rings is 2. The fourth-order valence-corrected chi connectivity index (χ4v) is 4.48. The smallest absolute Gasteiger partial charge is 0.260 e. The van der Waals surface area contributed by atoms with Gasteiger partial charge in [-0.05, 0) is 44.9 Å². The van der Waals surface area contributed by atoms with Crippen molar-refractivity contribution in [3.05, 3.63) is 53.1 Å². The minimum absolute atomic E-state index is 0.0205. The number of carbonyl (C=O) groups excluding carboxylic acids is 2. The number of nitrogens with zero attached hydrogens (tertiary/aromatic N) is 2. The van der Waals surface area contributed by atoms with Gasteiger partial charge in [-0.1, -0.05) is 30.3 Å². The summed E-state index contributed by atoms with van der Waals surface area (Å²) in [5.41, 5.74) is 3.84. The first kappa shape index (κ1) is 23.1. The van der Waals surface area contributed by atoms with Gasteiger partial charge in [0.25, 0.3) is 5.91 Å². The van der Waals surface area contributed by atoms with E-state index in [1.165, 1.54) is 0 Å². The molecule has 0 unspecified atom stereocenters. The minimum Gasteiger partial charge on any atom is -0.483 e. The zero-order chi connectivity index (χ0) is 23.6. The van der Waals surface area contributed by atoms with Gasteiger partial charge in [0.15, 0.2) is 18.1 Å². The minimum atomic E-state index is -0.258. The molecule has 2 aliphatic rings. The molecule has 1 saturated heterocycles. The molecule has 2 amide bonds. The summed E-state index contributed by atoms with van der Waals surface area (Å²) in [5.74, 6) is 1.28. The van der Waals surface area contributed by atoms with Gasteiger partial charge < -0.3 is 19.7 Å². The second-order valence-electron chi connectivity index (χ2n) is 9.54. The van der Waals surface area contributed by atoms with E-state index in [2.05, 4.69) is 10.2 Å². The SMILES string of the molecule is Cc1cccc(C)c1NC(=O)CN1CCN(C(=O)COc2cccc3c2OC(C)(C)C3)CC1. The fraction of sp³-hybridized carbons (Fsp3) is 0.462. The number of aryl methyl sites for hydroxylation is 2. The van der Waals surface area contributed by atoms with E-state index < -0.39 is 0 Å². The Labute approximate surface area is 195 Å². The number of hydrogen-bond acceptors (Lipinski definition) is 5. The monoisotopic (exact) mass is 451 g/mol. The molecule has 0 spiro atoms. The molecule has 2 aromatic rings. The van der Waals surface area contributed by atoms with Crippen molar-refractivity contribution in [2.45, 2.75) is 39.7 Å². The summed E-state index contributed by atoms with van der Waals surface area (Å²) in [4.78, 5) is 29.1. The first-order chi connectivity index (χ1) is 15.7. The van der Waals surface area contributed by atoms with Gasteiger partial charge in [-0.25, -0.2) is 0 Å². The normalized spacial score (nSPS) is 17.3.